The number of rotatable bonds is 6. The average molecular weight is 240 g/mol. The fourth-order valence-corrected chi connectivity index (χ4v) is 2.18. The summed E-state index contributed by atoms with van der Waals surface area (Å²) >= 11 is 6.77. The third kappa shape index (κ3) is 6.49. The summed E-state index contributed by atoms with van der Waals surface area (Å²) in [5, 5.41) is 3.03. The summed E-state index contributed by atoms with van der Waals surface area (Å²) < 4.78 is 5.18. The molecule has 1 unspecified atom stereocenters. The Morgan fingerprint density at radius 1 is 1.69 bits per heavy atom. The SMILES string of the molecule is COP(=S)(NC=NCC(C)C)SC. The molecule has 0 amide bonds. The zero-order valence-electron chi connectivity index (χ0n) is 8.48. The second kappa shape index (κ2) is 6.82. The van der Waals surface area contributed by atoms with E-state index in [1.807, 2.05) is 6.26 Å². The van der Waals surface area contributed by atoms with E-state index < -0.39 is 5.62 Å². The smallest absolute Gasteiger partial charge is 0.210 e. The van der Waals surface area contributed by atoms with Crippen molar-refractivity contribution < 1.29 is 4.52 Å². The van der Waals surface area contributed by atoms with Crippen LogP contribution in [-0.4, -0.2) is 26.2 Å². The van der Waals surface area contributed by atoms with Gasteiger partial charge in [-0.15, -0.1) is 0 Å². The molecule has 0 aliphatic carbocycles. The van der Waals surface area contributed by atoms with Crippen molar-refractivity contribution in [3.05, 3.63) is 0 Å². The fourth-order valence-electron chi connectivity index (χ4n) is 0.555. The maximum Gasteiger partial charge on any atom is 0.210 e. The molecule has 1 N–H and O–H groups in total. The van der Waals surface area contributed by atoms with Gasteiger partial charge >= 0.3 is 0 Å². The van der Waals surface area contributed by atoms with Gasteiger partial charge in [0.05, 0.1) is 6.34 Å². The van der Waals surface area contributed by atoms with Gasteiger partial charge in [0.15, 0.2) is 0 Å². The van der Waals surface area contributed by atoms with E-state index in [-0.39, 0.29) is 0 Å². The Hall–Kier alpha value is 0.430. The summed E-state index contributed by atoms with van der Waals surface area (Å²) in [5.41, 5.74) is -1.89. The summed E-state index contributed by atoms with van der Waals surface area (Å²) in [4.78, 5) is 4.18. The van der Waals surface area contributed by atoms with Crippen molar-refractivity contribution in [1.29, 1.82) is 0 Å². The topological polar surface area (TPSA) is 33.6 Å². The molecule has 0 aromatic rings. The van der Waals surface area contributed by atoms with E-state index in [4.69, 9.17) is 16.3 Å². The van der Waals surface area contributed by atoms with Crippen molar-refractivity contribution in [3.63, 3.8) is 0 Å². The lowest BCUT2D eigenvalue weighted by atomic mass is 10.2. The molecule has 0 spiro atoms. The third-order valence-corrected chi connectivity index (χ3v) is 6.96. The highest BCUT2D eigenvalue weighted by atomic mass is 32.9. The minimum absolute atomic E-state index is 0.577. The Kier molecular flexibility index (Phi) is 7.05. The Morgan fingerprint density at radius 2 is 2.31 bits per heavy atom. The van der Waals surface area contributed by atoms with Gasteiger partial charge in [-0.05, 0) is 24.0 Å². The van der Waals surface area contributed by atoms with Crippen molar-refractivity contribution in [2.24, 2.45) is 10.9 Å². The maximum absolute atomic E-state index is 5.23. The second-order valence-corrected chi connectivity index (χ2v) is 9.74. The first-order valence-electron chi connectivity index (χ1n) is 4.01. The summed E-state index contributed by atoms with van der Waals surface area (Å²) in [7, 11) is 1.63. The van der Waals surface area contributed by atoms with Gasteiger partial charge in [-0.3, -0.25) is 4.99 Å². The molecular formula is C7H17N2OPS2. The molecule has 0 saturated heterocycles. The summed E-state index contributed by atoms with van der Waals surface area (Å²) in [6.07, 6.45) is 3.61. The van der Waals surface area contributed by atoms with E-state index in [0.29, 0.717) is 5.92 Å². The normalized spacial score (nSPS) is 16.4. The first-order chi connectivity index (χ1) is 6.04. The van der Waals surface area contributed by atoms with E-state index in [1.54, 1.807) is 13.4 Å². The lowest BCUT2D eigenvalue weighted by Crippen LogP contribution is -2.07. The molecular weight excluding hydrogens is 223 g/mol. The predicted molar refractivity (Wildman–Crippen MR) is 66.1 cm³/mol. The Morgan fingerprint density at radius 3 is 2.69 bits per heavy atom. The van der Waals surface area contributed by atoms with Crippen LogP contribution in [0.2, 0.25) is 0 Å². The predicted octanol–water partition coefficient (Wildman–Crippen LogP) is 2.49. The minimum Gasteiger partial charge on any atom is -0.330 e. The summed E-state index contributed by atoms with van der Waals surface area (Å²) in [6.45, 7) is 5.07. The van der Waals surface area contributed by atoms with E-state index >= 15 is 0 Å². The largest absolute Gasteiger partial charge is 0.330 e. The van der Waals surface area contributed by atoms with Gasteiger partial charge in [0.1, 0.15) is 0 Å². The molecule has 78 valence electrons. The molecule has 0 aliphatic heterocycles. The molecule has 0 aliphatic rings. The number of hydrogen-bond donors (Lipinski definition) is 1. The van der Waals surface area contributed by atoms with Crippen LogP contribution in [0.3, 0.4) is 0 Å². The summed E-state index contributed by atoms with van der Waals surface area (Å²) in [6, 6.07) is 0. The van der Waals surface area contributed by atoms with Crippen molar-refractivity contribution in [1.82, 2.24) is 5.09 Å². The molecule has 13 heavy (non-hydrogen) atoms. The quantitative estimate of drug-likeness (QED) is 0.439. The van der Waals surface area contributed by atoms with Gasteiger partial charge < -0.3 is 9.61 Å². The van der Waals surface area contributed by atoms with Crippen LogP contribution in [0.15, 0.2) is 4.99 Å². The van der Waals surface area contributed by atoms with Gasteiger partial charge in [-0.1, -0.05) is 25.2 Å². The highest BCUT2D eigenvalue weighted by Gasteiger charge is 2.10. The van der Waals surface area contributed by atoms with Gasteiger partial charge in [-0.2, -0.15) is 0 Å². The van der Waals surface area contributed by atoms with Crippen LogP contribution in [0.1, 0.15) is 13.8 Å². The fraction of sp³-hybridized carbons (Fsp3) is 0.857. The zero-order valence-corrected chi connectivity index (χ0v) is 11.0. The number of nitrogens with zero attached hydrogens (tertiary/aromatic N) is 1. The third-order valence-electron chi connectivity index (χ3n) is 1.26. The molecule has 0 saturated carbocycles. The van der Waals surface area contributed by atoms with Crippen LogP contribution in [0.25, 0.3) is 0 Å². The molecule has 0 heterocycles. The van der Waals surface area contributed by atoms with Gasteiger partial charge in [-0.25, -0.2) is 0 Å². The number of aliphatic imine (C=N–C) groups is 1. The molecule has 0 rings (SSSR count). The van der Waals surface area contributed by atoms with Crippen molar-refractivity contribution in [3.8, 4) is 0 Å². The standard InChI is InChI=1S/C7H17N2OPS2/c1-7(2)5-8-6-9-11(12,10-3)13-4/h6-7H,5H2,1-4H3,(H,8,9,12). The van der Waals surface area contributed by atoms with Crippen LogP contribution < -0.4 is 5.09 Å². The second-order valence-electron chi connectivity index (χ2n) is 2.88. The number of nitrogens with one attached hydrogen (secondary N) is 1. The first kappa shape index (κ1) is 13.4. The highest BCUT2D eigenvalue weighted by molar-refractivity contribution is 8.68. The van der Waals surface area contributed by atoms with Gasteiger partial charge in [0.25, 0.3) is 0 Å². The van der Waals surface area contributed by atoms with Crippen LogP contribution in [0.4, 0.5) is 0 Å². The Labute approximate surface area is 89.6 Å². The van der Waals surface area contributed by atoms with E-state index in [9.17, 15) is 0 Å². The van der Waals surface area contributed by atoms with Crippen molar-refractivity contribution in [2.45, 2.75) is 13.8 Å². The van der Waals surface area contributed by atoms with Crippen LogP contribution in [0.5, 0.6) is 0 Å². The van der Waals surface area contributed by atoms with Crippen molar-refractivity contribution >= 4 is 35.1 Å². The molecule has 0 bridgehead atoms. The van der Waals surface area contributed by atoms with Gasteiger partial charge in [0, 0.05) is 13.7 Å². The molecule has 0 radical (unpaired) electrons. The van der Waals surface area contributed by atoms with E-state index in [2.05, 4.69) is 23.9 Å². The van der Waals surface area contributed by atoms with Crippen molar-refractivity contribution in [2.75, 3.05) is 19.9 Å². The van der Waals surface area contributed by atoms with E-state index in [0.717, 1.165) is 6.54 Å². The Balaban J connectivity index is 3.86. The first-order valence-corrected chi connectivity index (χ1v) is 8.56. The lowest BCUT2D eigenvalue weighted by Gasteiger charge is -2.15. The van der Waals surface area contributed by atoms with Crippen LogP contribution in [0, 0.1) is 5.92 Å². The monoisotopic (exact) mass is 240 g/mol. The average Bonchev–Trinajstić information content (AvgIpc) is 2.12. The number of hydrogen-bond acceptors (Lipinski definition) is 4. The van der Waals surface area contributed by atoms with Crippen LogP contribution in [-0.2, 0) is 16.3 Å². The molecule has 1 atom stereocenters. The summed E-state index contributed by atoms with van der Waals surface area (Å²) in [5.74, 6) is 0.577. The molecule has 3 nitrogen and oxygen atoms in total. The molecule has 0 aromatic carbocycles. The zero-order chi connectivity index (χ0) is 10.3. The highest BCUT2D eigenvalue weighted by Crippen LogP contribution is 2.53. The van der Waals surface area contributed by atoms with E-state index in [1.165, 1.54) is 11.4 Å². The molecule has 0 fully saturated rings. The lowest BCUT2D eigenvalue weighted by molar-refractivity contribution is 0.467. The van der Waals surface area contributed by atoms with Crippen LogP contribution >= 0.6 is 17.0 Å². The molecule has 0 aromatic heterocycles. The Bertz CT molecular complexity index is 201. The van der Waals surface area contributed by atoms with Gasteiger partial charge in [0.2, 0.25) is 5.62 Å². The minimum atomic E-state index is -1.89. The molecule has 6 heteroatoms. The maximum atomic E-state index is 5.23.